The van der Waals surface area contributed by atoms with Gasteiger partial charge in [0.05, 0.1) is 25.3 Å². The van der Waals surface area contributed by atoms with Crippen molar-refractivity contribution in [1.29, 1.82) is 0 Å². The summed E-state index contributed by atoms with van der Waals surface area (Å²) in [7, 11) is 0. The Hall–Kier alpha value is -1.72. The third-order valence-electron chi connectivity index (χ3n) is 2.98. The van der Waals surface area contributed by atoms with E-state index in [1.807, 2.05) is 27.7 Å². The van der Waals surface area contributed by atoms with Crippen molar-refractivity contribution in [3.05, 3.63) is 11.9 Å². The molecule has 0 atom stereocenters. The lowest BCUT2D eigenvalue weighted by Crippen LogP contribution is -2.12. The van der Waals surface area contributed by atoms with Crippen molar-refractivity contribution < 1.29 is 14.3 Å². The SMILES string of the molecule is CC(C)COC(=O)CCn1cc(CCC(=O)C(C)C)nn1. The van der Waals surface area contributed by atoms with Gasteiger partial charge in [-0.05, 0) is 5.92 Å². The molecule has 0 aliphatic carbocycles. The van der Waals surface area contributed by atoms with Gasteiger partial charge in [0, 0.05) is 25.0 Å². The molecule has 1 aromatic rings. The number of hydrogen-bond acceptors (Lipinski definition) is 5. The van der Waals surface area contributed by atoms with Crippen LogP contribution in [0.25, 0.3) is 0 Å². The number of ketones is 1. The summed E-state index contributed by atoms with van der Waals surface area (Å²) in [5, 5.41) is 7.96. The molecule has 0 spiro atoms. The molecule has 6 nitrogen and oxygen atoms in total. The number of esters is 1. The van der Waals surface area contributed by atoms with Crippen molar-refractivity contribution in [1.82, 2.24) is 15.0 Å². The maximum absolute atomic E-state index is 11.5. The van der Waals surface area contributed by atoms with Gasteiger partial charge in [0.15, 0.2) is 0 Å². The molecule has 1 rings (SSSR count). The Morgan fingerprint density at radius 2 is 1.95 bits per heavy atom. The molecule has 1 aromatic heterocycles. The number of aryl methyl sites for hydroxylation is 2. The average Bonchev–Trinajstić information content (AvgIpc) is 2.88. The smallest absolute Gasteiger partial charge is 0.307 e. The first-order valence-corrected chi connectivity index (χ1v) is 7.45. The lowest BCUT2D eigenvalue weighted by molar-refractivity contribution is -0.145. The van der Waals surface area contributed by atoms with Crippen molar-refractivity contribution in [3.63, 3.8) is 0 Å². The molecule has 0 amide bonds. The molecule has 0 N–H and O–H groups in total. The summed E-state index contributed by atoms with van der Waals surface area (Å²) in [6.45, 7) is 8.66. The van der Waals surface area contributed by atoms with Crippen molar-refractivity contribution >= 4 is 11.8 Å². The number of ether oxygens (including phenoxy) is 1. The van der Waals surface area contributed by atoms with Gasteiger partial charge in [0.25, 0.3) is 0 Å². The summed E-state index contributed by atoms with van der Waals surface area (Å²) < 4.78 is 6.71. The number of aromatic nitrogens is 3. The maximum Gasteiger partial charge on any atom is 0.307 e. The number of hydrogen-bond donors (Lipinski definition) is 0. The molecule has 0 bridgehead atoms. The molecule has 0 saturated heterocycles. The summed E-state index contributed by atoms with van der Waals surface area (Å²) in [4.78, 5) is 23.0. The van der Waals surface area contributed by atoms with Gasteiger partial charge in [-0.15, -0.1) is 5.10 Å². The van der Waals surface area contributed by atoms with Gasteiger partial charge in [0.1, 0.15) is 5.78 Å². The fourth-order valence-corrected chi connectivity index (χ4v) is 1.64. The number of carbonyl (C=O) groups excluding carboxylic acids is 2. The topological polar surface area (TPSA) is 74.1 Å². The average molecular weight is 295 g/mol. The second-order valence-corrected chi connectivity index (χ2v) is 5.92. The number of rotatable bonds is 9. The van der Waals surface area contributed by atoms with Crippen LogP contribution in [-0.2, 0) is 27.3 Å². The summed E-state index contributed by atoms with van der Waals surface area (Å²) in [5.74, 6) is 0.388. The van der Waals surface area contributed by atoms with Crippen molar-refractivity contribution in [2.75, 3.05) is 6.61 Å². The van der Waals surface area contributed by atoms with Gasteiger partial charge in [0.2, 0.25) is 0 Å². The molecule has 118 valence electrons. The van der Waals surface area contributed by atoms with Crippen LogP contribution in [-0.4, -0.2) is 33.4 Å². The molecule has 21 heavy (non-hydrogen) atoms. The molecule has 0 aliphatic heterocycles. The van der Waals surface area contributed by atoms with E-state index < -0.39 is 0 Å². The molecule has 6 heteroatoms. The zero-order valence-electron chi connectivity index (χ0n) is 13.3. The van der Waals surface area contributed by atoms with Crippen LogP contribution in [0.15, 0.2) is 6.20 Å². The Kier molecular flexibility index (Phi) is 7.05. The molecule has 0 aliphatic rings. The normalized spacial score (nSPS) is 11.1. The van der Waals surface area contributed by atoms with E-state index in [0.29, 0.717) is 31.9 Å². The lowest BCUT2D eigenvalue weighted by Gasteiger charge is -2.06. The van der Waals surface area contributed by atoms with Gasteiger partial charge in [-0.1, -0.05) is 32.9 Å². The minimum absolute atomic E-state index is 0.0516. The minimum atomic E-state index is -0.226. The van der Waals surface area contributed by atoms with E-state index in [9.17, 15) is 9.59 Å². The zero-order valence-corrected chi connectivity index (χ0v) is 13.3. The van der Waals surface area contributed by atoms with Crippen LogP contribution in [0.4, 0.5) is 0 Å². The molecule has 1 heterocycles. The molecule has 0 radical (unpaired) electrons. The van der Waals surface area contributed by atoms with Crippen LogP contribution in [0.3, 0.4) is 0 Å². The number of nitrogens with zero attached hydrogens (tertiary/aromatic N) is 3. The van der Waals surface area contributed by atoms with Crippen LogP contribution >= 0.6 is 0 Å². The van der Waals surface area contributed by atoms with Crippen LogP contribution in [0, 0.1) is 11.8 Å². The lowest BCUT2D eigenvalue weighted by atomic mass is 10.0. The fraction of sp³-hybridized carbons (Fsp3) is 0.733. The third kappa shape index (κ3) is 7.02. The first-order chi connectivity index (χ1) is 9.88. The molecular formula is C15H25N3O3. The Morgan fingerprint density at radius 1 is 1.24 bits per heavy atom. The van der Waals surface area contributed by atoms with Crippen LogP contribution in [0.5, 0.6) is 0 Å². The van der Waals surface area contributed by atoms with Crippen LogP contribution in [0.2, 0.25) is 0 Å². The van der Waals surface area contributed by atoms with Crippen molar-refractivity contribution in [2.24, 2.45) is 11.8 Å². The minimum Gasteiger partial charge on any atom is -0.465 e. The molecular weight excluding hydrogens is 270 g/mol. The van der Waals surface area contributed by atoms with Crippen molar-refractivity contribution in [2.45, 2.75) is 53.5 Å². The van der Waals surface area contributed by atoms with Gasteiger partial charge < -0.3 is 4.74 Å². The second-order valence-electron chi connectivity index (χ2n) is 5.92. The Bertz CT molecular complexity index is 466. The largest absolute Gasteiger partial charge is 0.465 e. The molecule has 0 unspecified atom stereocenters. The molecule has 0 aromatic carbocycles. The highest BCUT2D eigenvalue weighted by atomic mass is 16.5. The summed E-state index contributed by atoms with van der Waals surface area (Å²) in [6, 6.07) is 0. The quantitative estimate of drug-likeness (QED) is 0.652. The third-order valence-corrected chi connectivity index (χ3v) is 2.98. The molecule has 0 saturated carbocycles. The Balaban J connectivity index is 2.31. The van der Waals surface area contributed by atoms with Crippen LogP contribution in [0.1, 0.15) is 46.2 Å². The standard InChI is InChI=1S/C15H25N3O3/c1-11(2)10-21-15(20)7-8-18-9-13(16-17-18)5-6-14(19)12(3)4/h9,11-12H,5-8,10H2,1-4H3. The van der Waals surface area contributed by atoms with Gasteiger partial charge in [-0.3, -0.25) is 14.3 Å². The van der Waals surface area contributed by atoms with E-state index >= 15 is 0 Å². The Morgan fingerprint density at radius 3 is 2.57 bits per heavy atom. The first-order valence-electron chi connectivity index (χ1n) is 7.45. The summed E-state index contributed by atoms with van der Waals surface area (Å²) in [5.41, 5.74) is 0.777. The molecule has 0 fully saturated rings. The van der Waals surface area contributed by atoms with E-state index in [1.54, 1.807) is 10.9 Å². The van der Waals surface area contributed by atoms with E-state index in [-0.39, 0.29) is 24.1 Å². The maximum atomic E-state index is 11.5. The number of carbonyl (C=O) groups is 2. The predicted octanol–water partition coefficient (Wildman–Crippen LogP) is 2.03. The highest BCUT2D eigenvalue weighted by molar-refractivity contribution is 5.80. The highest BCUT2D eigenvalue weighted by Crippen LogP contribution is 2.05. The monoisotopic (exact) mass is 295 g/mol. The van der Waals surface area contributed by atoms with Gasteiger partial charge >= 0.3 is 5.97 Å². The van der Waals surface area contributed by atoms with E-state index in [2.05, 4.69) is 10.3 Å². The van der Waals surface area contributed by atoms with E-state index in [0.717, 1.165) is 5.69 Å². The number of Topliss-reactive ketones (excluding diaryl/α,β-unsaturated/α-hetero) is 1. The summed E-state index contributed by atoms with van der Waals surface area (Å²) >= 11 is 0. The zero-order chi connectivity index (χ0) is 15.8. The second kappa shape index (κ2) is 8.54. The summed E-state index contributed by atoms with van der Waals surface area (Å²) in [6.07, 6.45) is 3.13. The fourth-order valence-electron chi connectivity index (χ4n) is 1.64. The van der Waals surface area contributed by atoms with E-state index in [4.69, 9.17) is 4.74 Å². The van der Waals surface area contributed by atoms with Crippen molar-refractivity contribution in [3.8, 4) is 0 Å². The van der Waals surface area contributed by atoms with E-state index in [1.165, 1.54) is 0 Å². The van der Waals surface area contributed by atoms with Gasteiger partial charge in [-0.2, -0.15) is 0 Å². The van der Waals surface area contributed by atoms with Gasteiger partial charge in [-0.25, -0.2) is 0 Å². The Labute approximate surface area is 125 Å². The van der Waals surface area contributed by atoms with Crippen LogP contribution < -0.4 is 0 Å². The predicted molar refractivity (Wildman–Crippen MR) is 78.6 cm³/mol. The highest BCUT2D eigenvalue weighted by Gasteiger charge is 2.10. The first kappa shape index (κ1) is 17.3.